The molecule has 1 N–H and O–H groups in total. The van der Waals surface area contributed by atoms with Crippen LogP contribution in [0.15, 0.2) is 53.4 Å². The van der Waals surface area contributed by atoms with Gasteiger partial charge in [0, 0.05) is 6.54 Å². The summed E-state index contributed by atoms with van der Waals surface area (Å²) in [6.07, 6.45) is 0. The van der Waals surface area contributed by atoms with Gasteiger partial charge >= 0.3 is 0 Å². The summed E-state index contributed by atoms with van der Waals surface area (Å²) in [6.45, 7) is 6.78. The number of para-hydroxylation sites is 1. The number of nitrogens with one attached hydrogen (secondary N) is 1. The van der Waals surface area contributed by atoms with E-state index >= 15 is 0 Å². The topological polar surface area (TPSA) is 64.6 Å². The monoisotopic (exact) mass is 363 g/mol. The van der Waals surface area contributed by atoms with E-state index < -0.39 is 10.0 Å². The molecule has 2 aromatic rings. The first-order chi connectivity index (χ1) is 11.7. The van der Waals surface area contributed by atoms with Crippen molar-refractivity contribution in [2.45, 2.75) is 31.1 Å². The van der Waals surface area contributed by atoms with Crippen molar-refractivity contribution >= 4 is 10.0 Å². The lowest BCUT2D eigenvalue weighted by molar-refractivity contribution is 0.314. The Bertz CT molecular complexity index is 793. The summed E-state index contributed by atoms with van der Waals surface area (Å²) in [5.74, 6) is 1.39. The summed E-state index contributed by atoms with van der Waals surface area (Å²) in [7, 11) is -2.03. The Hall–Kier alpha value is -2.05. The summed E-state index contributed by atoms with van der Waals surface area (Å²) < 4.78 is 37.9. The van der Waals surface area contributed by atoms with Crippen LogP contribution in [0, 0.1) is 0 Å². The van der Waals surface area contributed by atoms with E-state index in [1.165, 1.54) is 19.2 Å². The first-order valence-electron chi connectivity index (χ1n) is 8.10. The normalized spacial score (nSPS) is 12.0. The quantitative estimate of drug-likeness (QED) is 0.766. The summed E-state index contributed by atoms with van der Waals surface area (Å²) in [5.41, 5.74) is 1.05. The molecule has 2 rings (SSSR count). The Morgan fingerprint density at radius 1 is 1.00 bits per heavy atom. The van der Waals surface area contributed by atoms with Crippen LogP contribution in [-0.4, -0.2) is 28.7 Å². The second-order valence-corrected chi connectivity index (χ2v) is 8.43. The molecule has 0 atom stereocenters. The number of hydrogen-bond donors (Lipinski definition) is 1. The molecule has 0 bridgehead atoms. The number of hydrogen-bond acceptors (Lipinski definition) is 4. The second kappa shape index (κ2) is 7.89. The molecule has 0 aliphatic carbocycles. The minimum Gasteiger partial charge on any atom is -0.497 e. The van der Waals surface area contributed by atoms with Gasteiger partial charge in [-0.05, 0) is 41.3 Å². The van der Waals surface area contributed by atoms with Crippen LogP contribution in [0.4, 0.5) is 0 Å². The molecule has 0 saturated heterocycles. The van der Waals surface area contributed by atoms with Crippen LogP contribution in [0.1, 0.15) is 26.3 Å². The summed E-state index contributed by atoms with van der Waals surface area (Å²) in [5, 5.41) is 0. The standard InChI is InChI=1S/C19H25NO4S/c1-19(2,3)17-7-5-6-8-18(17)24-14-13-20-25(21,22)16-11-9-15(23-4)10-12-16/h5-12,20H,13-14H2,1-4H3. The molecular formula is C19H25NO4S. The molecule has 2 aromatic carbocycles. The van der Waals surface area contributed by atoms with E-state index in [4.69, 9.17) is 9.47 Å². The zero-order chi connectivity index (χ0) is 18.5. The summed E-state index contributed by atoms with van der Waals surface area (Å²) in [4.78, 5) is 0.198. The summed E-state index contributed by atoms with van der Waals surface area (Å²) >= 11 is 0. The fraction of sp³-hybridized carbons (Fsp3) is 0.368. The van der Waals surface area contributed by atoms with Crippen molar-refractivity contribution in [2.75, 3.05) is 20.3 Å². The molecule has 0 unspecified atom stereocenters. The molecule has 0 amide bonds. The van der Waals surface area contributed by atoms with Gasteiger partial charge in [-0.2, -0.15) is 0 Å². The van der Waals surface area contributed by atoms with Crippen molar-refractivity contribution in [3.8, 4) is 11.5 Å². The van der Waals surface area contributed by atoms with Crippen LogP contribution in [-0.2, 0) is 15.4 Å². The molecule has 0 saturated carbocycles. The van der Waals surface area contributed by atoms with Crippen LogP contribution in [0.3, 0.4) is 0 Å². The smallest absolute Gasteiger partial charge is 0.240 e. The average molecular weight is 363 g/mol. The van der Waals surface area contributed by atoms with Crippen molar-refractivity contribution in [3.05, 3.63) is 54.1 Å². The molecule has 0 radical (unpaired) electrons. The largest absolute Gasteiger partial charge is 0.497 e. The Kier molecular flexibility index (Phi) is 6.08. The minimum atomic E-state index is -3.56. The zero-order valence-electron chi connectivity index (χ0n) is 15.1. The molecule has 0 fully saturated rings. The molecular weight excluding hydrogens is 338 g/mol. The highest BCUT2D eigenvalue weighted by Gasteiger charge is 2.18. The van der Waals surface area contributed by atoms with Crippen LogP contribution in [0.2, 0.25) is 0 Å². The predicted molar refractivity (Wildman–Crippen MR) is 98.8 cm³/mol. The lowest BCUT2D eigenvalue weighted by atomic mass is 9.86. The average Bonchev–Trinajstić information content (AvgIpc) is 2.58. The van der Waals surface area contributed by atoms with Gasteiger partial charge in [0.1, 0.15) is 18.1 Å². The maximum Gasteiger partial charge on any atom is 0.240 e. The van der Waals surface area contributed by atoms with Crippen molar-refractivity contribution < 1.29 is 17.9 Å². The van der Waals surface area contributed by atoms with Gasteiger partial charge in [-0.1, -0.05) is 39.0 Å². The maximum absolute atomic E-state index is 12.3. The molecule has 25 heavy (non-hydrogen) atoms. The van der Waals surface area contributed by atoms with E-state index in [0.717, 1.165) is 11.3 Å². The Labute approximate surface area is 150 Å². The molecule has 0 spiro atoms. The second-order valence-electron chi connectivity index (χ2n) is 6.67. The molecule has 136 valence electrons. The highest BCUT2D eigenvalue weighted by Crippen LogP contribution is 2.30. The molecule has 0 aromatic heterocycles. The van der Waals surface area contributed by atoms with E-state index in [1.807, 2.05) is 24.3 Å². The third-order valence-corrected chi connectivity index (χ3v) is 5.19. The number of ether oxygens (including phenoxy) is 2. The van der Waals surface area contributed by atoms with E-state index in [-0.39, 0.29) is 23.5 Å². The highest BCUT2D eigenvalue weighted by molar-refractivity contribution is 7.89. The van der Waals surface area contributed by atoms with E-state index in [2.05, 4.69) is 25.5 Å². The highest BCUT2D eigenvalue weighted by atomic mass is 32.2. The maximum atomic E-state index is 12.3. The lowest BCUT2D eigenvalue weighted by Gasteiger charge is -2.22. The number of benzene rings is 2. The fourth-order valence-electron chi connectivity index (χ4n) is 2.39. The van der Waals surface area contributed by atoms with E-state index in [1.54, 1.807) is 12.1 Å². The Balaban J connectivity index is 1.95. The molecule has 5 nitrogen and oxygen atoms in total. The van der Waals surface area contributed by atoms with Gasteiger partial charge in [0.25, 0.3) is 0 Å². The Morgan fingerprint density at radius 2 is 1.64 bits per heavy atom. The van der Waals surface area contributed by atoms with Crippen LogP contribution in [0.5, 0.6) is 11.5 Å². The third-order valence-electron chi connectivity index (χ3n) is 3.72. The third kappa shape index (κ3) is 5.21. The van der Waals surface area contributed by atoms with Crippen LogP contribution < -0.4 is 14.2 Å². The van der Waals surface area contributed by atoms with Gasteiger partial charge < -0.3 is 9.47 Å². The zero-order valence-corrected chi connectivity index (χ0v) is 15.9. The molecule has 6 heteroatoms. The molecule has 0 aliphatic rings. The molecule has 0 aliphatic heterocycles. The first-order valence-corrected chi connectivity index (χ1v) is 9.58. The van der Waals surface area contributed by atoms with Gasteiger partial charge in [-0.25, -0.2) is 13.1 Å². The van der Waals surface area contributed by atoms with Gasteiger partial charge in [-0.15, -0.1) is 0 Å². The lowest BCUT2D eigenvalue weighted by Crippen LogP contribution is -2.28. The SMILES string of the molecule is COc1ccc(S(=O)(=O)NCCOc2ccccc2C(C)(C)C)cc1. The Morgan fingerprint density at radius 3 is 2.24 bits per heavy atom. The van der Waals surface area contributed by atoms with Crippen molar-refractivity contribution in [2.24, 2.45) is 0 Å². The van der Waals surface area contributed by atoms with Crippen molar-refractivity contribution in [1.82, 2.24) is 4.72 Å². The predicted octanol–water partition coefficient (Wildman–Crippen LogP) is 3.35. The van der Waals surface area contributed by atoms with Gasteiger partial charge in [-0.3, -0.25) is 0 Å². The van der Waals surface area contributed by atoms with E-state index in [9.17, 15) is 8.42 Å². The van der Waals surface area contributed by atoms with E-state index in [0.29, 0.717) is 5.75 Å². The number of methoxy groups -OCH3 is 1. The van der Waals surface area contributed by atoms with Crippen molar-refractivity contribution in [3.63, 3.8) is 0 Å². The minimum absolute atomic E-state index is 0.0425. The van der Waals surface area contributed by atoms with Crippen molar-refractivity contribution in [1.29, 1.82) is 0 Å². The van der Waals surface area contributed by atoms with Gasteiger partial charge in [0.15, 0.2) is 0 Å². The van der Waals surface area contributed by atoms with Gasteiger partial charge in [0.2, 0.25) is 10.0 Å². The fourth-order valence-corrected chi connectivity index (χ4v) is 3.40. The van der Waals surface area contributed by atoms with Crippen LogP contribution >= 0.6 is 0 Å². The number of sulfonamides is 1. The summed E-state index contributed by atoms with van der Waals surface area (Å²) in [6, 6.07) is 14.1. The molecule has 0 heterocycles. The number of rotatable bonds is 7. The van der Waals surface area contributed by atoms with Gasteiger partial charge in [0.05, 0.1) is 12.0 Å². The first kappa shape index (κ1) is 19.3. The van der Waals surface area contributed by atoms with Crippen LogP contribution in [0.25, 0.3) is 0 Å².